The van der Waals surface area contributed by atoms with Crippen molar-refractivity contribution in [3.63, 3.8) is 0 Å². The molecule has 1 saturated carbocycles. The summed E-state index contributed by atoms with van der Waals surface area (Å²) in [5.74, 6) is -1.10. The van der Waals surface area contributed by atoms with Gasteiger partial charge in [0.1, 0.15) is 22.0 Å². The molecule has 4 aromatic rings. The van der Waals surface area contributed by atoms with E-state index in [-0.39, 0.29) is 12.5 Å². The van der Waals surface area contributed by atoms with Crippen LogP contribution in [0.25, 0.3) is 22.4 Å². The van der Waals surface area contributed by atoms with Crippen molar-refractivity contribution in [2.45, 2.75) is 44.6 Å². The van der Waals surface area contributed by atoms with Crippen LogP contribution in [0.15, 0.2) is 66.4 Å². The smallest absolute Gasteiger partial charge is 0.318 e. The molecule has 1 aliphatic carbocycles. The molecule has 1 aliphatic rings. The number of anilines is 1. The predicted octanol–water partition coefficient (Wildman–Crippen LogP) is 4.56. The third-order valence-electron chi connectivity index (χ3n) is 6.67. The molecule has 3 aromatic heterocycles. The fourth-order valence-electron chi connectivity index (χ4n) is 4.36. The first kappa shape index (κ1) is 29.3. The largest absolute Gasteiger partial charge is 0.459 e. The number of nitrogens with one attached hydrogen (secondary N) is 2. The second kappa shape index (κ2) is 11.6. The van der Waals surface area contributed by atoms with Crippen molar-refractivity contribution in [2.24, 2.45) is 0 Å². The monoisotopic (exact) mass is 605 g/mol. The van der Waals surface area contributed by atoms with Crippen LogP contribution in [0.2, 0.25) is 0 Å². The quantitative estimate of drug-likeness (QED) is 0.268. The molecule has 10 nitrogen and oxygen atoms in total. The zero-order chi connectivity index (χ0) is 30.1. The van der Waals surface area contributed by atoms with Crippen molar-refractivity contribution in [1.82, 2.24) is 19.3 Å². The Bertz CT molecular complexity index is 1680. The molecule has 1 atom stereocenters. The summed E-state index contributed by atoms with van der Waals surface area (Å²) < 4.78 is 18.6. The van der Waals surface area contributed by atoms with Crippen molar-refractivity contribution in [1.29, 1.82) is 0 Å². The van der Waals surface area contributed by atoms with Gasteiger partial charge in [0, 0.05) is 35.8 Å². The van der Waals surface area contributed by atoms with Crippen molar-refractivity contribution in [3.8, 4) is 22.4 Å². The molecule has 0 bridgehead atoms. The number of pyridine rings is 1. The third-order valence-corrected chi connectivity index (χ3v) is 8.25. The maximum atomic E-state index is 12.9. The number of hydrogen-bond acceptors (Lipinski definition) is 8. The molecule has 42 heavy (non-hydrogen) atoms. The van der Waals surface area contributed by atoms with E-state index in [1.807, 2.05) is 62.5 Å². The highest BCUT2D eigenvalue weighted by Gasteiger charge is 2.55. The number of esters is 1. The molecule has 2 N–H and O–H groups in total. The van der Waals surface area contributed by atoms with Gasteiger partial charge in [0.05, 0.1) is 23.5 Å². The van der Waals surface area contributed by atoms with E-state index < -0.39 is 33.8 Å². The number of amides is 2. The van der Waals surface area contributed by atoms with Crippen molar-refractivity contribution >= 4 is 45.2 Å². The second-order valence-electron chi connectivity index (χ2n) is 11.0. The van der Waals surface area contributed by atoms with Gasteiger partial charge in [-0.25, -0.2) is 9.19 Å². The van der Waals surface area contributed by atoms with Gasteiger partial charge in [0.2, 0.25) is 5.91 Å². The average molecular weight is 606 g/mol. The molecule has 3 heterocycles. The van der Waals surface area contributed by atoms with Crippen molar-refractivity contribution in [3.05, 3.63) is 77.7 Å². The van der Waals surface area contributed by atoms with Crippen LogP contribution in [0.1, 0.15) is 49.7 Å². The summed E-state index contributed by atoms with van der Waals surface area (Å²) in [5, 5.41) is 7.52. The standard InChI is InChI=1S/C30H31N5O5S2/c1-29(2,3)40-27(38)30(10-11-30)24-15-20(8-12-31-24)19-6-5-7-21(14-19)23-18-41-28(33-23)34-25(36)16-32-26(37)22-9-13-35(17-22)42(4)39/h5-9,12-15,17-18H,10-11,16H2,1-4H3,(H,32,37)(H,33,34,36). The number of aromatic nitrogens is 3. The number of ether oxygens (including phenoxy) is 1. The molecule has 2 amide bonds. The number of hydrogen-bond donors (Lipinski definition) is 2. The summed E-state index contributed by atoms with van der Waals surface area (Å²) in [5.41, 5.74) is 3.19. The fraction of sp³-hybridized carbons (Fsp3) is 0.300. The molecule has 1 aromatic carbocycles. The van der Waals surface area contributed by atoms with E-state index in [1.165, 1.54) is 33.8 Å². The number of carbonyl (C=O) groups is 3. The Kier molecular flexibility index (Phi) is 8.11. The highest BCUT2D eigenvalue weighted by Crippen LogP contribution is 2.49. The van der Waals surface area contributed by atoms with E-state index in [4.69, 9.17) is 4.74 Å². The van der Waals surface area contributed by atoms with E-state index >= 15 is 0 Å². The molecular weight excluding hydrogens is 574 g/mol. The predicted molar refractivity (Wildman–Crippen MR) is 162 cm³/mol. The molecule has 1 fully saturated rings. The third kappa shape index (κ3) is 6.66. The van der Waals surface area contributed by atoms with Gasteiger partial charge in [0.15, 0.2) is 5.13 Å². The Balaban J connectivity index is 1.24. The molecule has 5 rings (SSSR count). The number of carbonyl (C=O) groups excluding carboxylic acids is 3. The minimum Gasteiger partial charge on any atom is -0.459 e. The van der Waals surface area contributed by atoms with E-state index in [1.54, 1.807) is 12.4 Å². The minimum atomic E-state index is -1.27. The average Bonchev–Trinajstić information content (AvgIpc) is 3.37. The van der Waals surface area contributed by atoms with Gasteiger partial charge >= 0.3 is 5.97 Å². The van der Waals surface area contributed by atoms with Gasteiger partial charge in [-0.05, 0) is 69.0 Å². The van der Waals surface area contributed by atoms with Crippen LogP contribution in [0.4, 0.5) is 5.13 Å². The summed E-state index contributed by atoms with van der Waals surface area (Å²) in [4.78, 5) is 46.7. The van der Waals surface area contributed by atoms with Crippen LogP contribution in [-0.2, 0) is 30.7 Å². The number of nitrogens with zero attached hydrogens (tertiary/aromatic N) is 3. The number of thiazole rings is 1. The molecule has 0 radical (unpaired) electrons. The van der Waals surface area contributed by atoms with Crippen LogP contribution in [0.3, 0.4) is 0 Å². The zero-order valence-corrected chi connectivity index (χ0v) is 25.3. The van der Waals surface area contributed by atoms with Gasteiger partial charge in [-0.3, -0.25) is 23.3 Å². The van der Waals surface area contributed by atoms with Crippen molar-refractivity contribution in [2.75, 3.05) is 18.1 Å². The van der Waals surface area contributed by atoms with Gasteiger partial charge in [-0.2, -0.15) is 0 Å². The topological polar surface area (TPSA) is 132 Å². The molecular formula is C30H31N5O5S2. The lowest BCUT2D eigenvalue weighted by atomic mass is 9.96. The fourth-order valence-corrected chi connectivity index (χ4v) is 5.59. The van der Waals surface area contributed by atoms with E-state index in [0.29, 0.717) is 34.9 Å². The Labute approximate surface area is 250 Å². The van der Waals surface area contributed by atoms with Gasteiger partial charge < -0.3 is 15.4 Å². The molecule has 0 saturated heterocycles. The van der Waals surface area contributed by atoms with Gasteiger partial charge in [0.25, 0.3) is 5.91 Å². The molecule has 218 valence electrons. The Morgan fingerprint density at radius 1 is 1.10 bits per heavy atom. The summed E-state index contributed by atoms with van der Waals surface area (Å²) in [6, 6.07) is 13.2. The first-order valence-corrected chi connectivity index (χ1v) is 15.7. The summed E-state index contributed by atoms with van der Waals surface area (Å²) in [6.07, 6.45) is 7.65. The first-order valence-electron chi connectivity index (χ1n) is 13.3. The zero-order valence-electron chi connectivity index (χ0n) is 23.7. The van der Waals surface area contributed by atoms with Gasteiger partial charge in [-0.15, -0.1) is 11.3 Å². The summed E-state index contributed by atoms with van der Waals surface area (Å²) >= 11 is 1.28. The van der Waals surface area contributed by atoms with Crippen LogP contribution < -0.4 is 10.6 Å². The van der Waals surface area contributed by atoms with Crippen LogP contribution >= 0.6 is 11.3 Å². The molecule has 12 heteroatoms. The maximum absolute atomic E-state index is 12.9. The van der Waals surface area contributed by atoms with Crippen LogP contribution in [0, 0.1) is 0 Å². The molecule has 0 spiro atoms. The Morgan fingerprint density at radius 3 is 2.52 bits per heavy atom. The second-order valence-corrected chi connectivity index (χ2v) is 13.2. The Morgan fingerprint density at radius 2 is 1.83 bits per heavy atom. The maximum Gasteiger partial charge on any atom is 0.318 e. The van der Waals surface area contributed by atoms with E-state index in [0.717, 1.165) is 16.7 Å². The lowest BCUT2D eigenvalue weighted by Crippen LogP contribution is -2.32. The summed E-state index contributed by atoms with van der Waals surface area (Å²) in [7, 11) is -1.27. The lowest BCUT2D eigenvalue weighted by molar-refractivity contribution is -0.158. The first-order chi connectivity index (χ1) is 19.9. The van der Waals surface area contributed by atoms with Gasteiger partial charge in [-0.1, -0.05) is 18.2 Å². The lowest BCUT2D eigenvalue weighted by Gasteiger charge is -2.23. The highest BCUT2D eigenvalue weighted by molar-refractivity contribution is 7.82. The minimum absolute atomic E-state index is 0.237. The van der Waals surface area contributed by atoms with Crippen molar-refractivity contribution < 1.29 is 23.3 Å². The number of rotatable bonds is 9. The Hall–Kier alpha value is -4.16. The van der Waals surface area contributed by atoms with E-state index in [2.05, 4.69) is 20.6 Å². The normalized spacial score (nSPS) is 14.6. The molecule has 0 aliphatic heterocycles. The van der Waals surface area contributed by atoms with Crippen LogP contribution in [0.5, 0.6) is 0 Å². The van der Waals surface area contributed by atoms with Crippen LogP contribution in [-0.4, -0.2) is 54.3 Å². The summed E-state index contributed by atoms with van der Waals surface area (Å²) in [6.45, 7) is 5.35. The SMILES string of the molecule is CS(=O)n1ccc(C(=O)NCC(=O)Nc2nc(-c3cccc(-c4ccnc(C5(C(=O)OC(C)(C)C)CC5)c4)c3)cs2)c1. The molecule has 1 unspecified atom stereocenters. The van der Waals surface area contributed by atoms with E-state index in [9.17, 15) is 18.6 Å². The highest BCUT2D eigenvalue weighted by atomic mass is 32.2. The number of benzene rings is 1.